The van der Waals surface area contributed by atoms with Gasteiger partial charge in [0.25, 0.3) is 0 Å². The highest BCUT2D eigenvalue weighted by molar-refractivity contribution is 7.11. The third-order valence-corrected chi connectivity index (χ3v) is 4.60. The molecule has 6 nitrogen and oxygen atoms in total. The van der Waals surface area contributed by atoms with Crippen LogP contribution < -0.4 is 0 Å². The van der Waals surface area contributed by atoms with Gasteiger partial charge in [-0.05, 0) is 39.1 Å². The average molecular weight is 341 g/mol. The predicted molar refractivity (Wildman–Crippen MR) is 86.7 cm³/mol. The quantitative estimate of drug-likeness (QED) is 0.364. The van der Waals surface area contributed by atoms with E-state index >= 15 is 0 Å². The lowest BCUT2D eigenvalue weighted by atomic mass is 10.1. The van der Waals surface area contributed by atoms with Crippen LogP contribution >= 0.6 is 11.3 Å². The Labute approximate surface area is 140 Å². The molecule has 1 aromatic rings. The van der Waals surface area contributed by atoms with Gasteiger partial charge in [0, 0.05) is 0 Å². The molecule has 2 aliphatic heterocycles. The standard InChI is InChI=1S/C16H23NO5S/c1-15(2)19-10-13(21-15)14-12(20-16(3,4)22-14)9-17(18)8-11-6-5-7-23-11/h5-8,12-14H,9-10H2,1-4H3/b17-8-/t12-,13-,14+/m1/s1. The zero-order valence-corrected chi connectivity index (χ0v) is 14.7. The Bertz CT molecular complexity index is 569. The molecule has 0 bridgehead atoms. The fourth-order valence-corrected chi connectivity index (χ4v) is 3.58. The van der Waals surface area contributed by atoms with Gasteiger partial charge in [-0.25, -0.2) is 4.74 Å². The Kier molecular flexibility index (Phi) is 4.50. The molecule has 0 unspecified atom stereocenters. The highest BCUT2D eigenvalue weighted by Crippen LogP contribution is 2.35. The minimum Gasteiger partial charge on any atom is -0.624 e. The minimum absolute atomic E-state index is 0.187. The average Bonchev–Trinajstić information content (AvgIpc) is 3.10. The Balaban J connectivity index is 1.71. The SMILES string of the molecule is CC1(C)OC[C@H]([C@H]2OC(C)(C)O[C@@H]2C/[N+]([O-])=C/c2cccs2)O1. The van der Waals surface area contributed by atoms with Crippen molar-refractivity contribution >= 4 is 17.6 Å². The van der Waals surface area contributed by atoms with Crippen molar-refractivity contribution in [3.63, 3.8) is 0 Å². The number of thiophene rings is 1. The molecular weight excluding hydrogens is 318 g/mol. The van der Waals surface area contributed by atoms with Crippen molar-refractivity contribution in [3.8, 4) is 0 Å². The van der Waals surface area contributed by atoms with E-state index in [9.17, 15) is 5.21 Å². The molecule has 0 amide bonds. The van der Waals surface area contributed by atoms with Crippen molar-refractivity contribution in [1.82, 2.24) is 0 Å². The van der Waals surface area contributed by atoms with Crippen molar-refractivity contribution in [2.45, 2.75) is 57.6 Å². The first-order valence-corrected chi connectivity index (χ1v) is 8.62. The Morgan fingerprint density at radius 3 is 2.65 bits per heavy atom. The Morgan fingerprint density at radius 2 is 2.04 bits per heavy atom. The number of hydroxylamine groups is 1. The van der Waals surface area contributed by atoms with Crippen molar-refractivity contribution in [2.75, 3.05) is 13.2 Å². The van der Waals surface area contributed by atoms with E-state index in [1.165, 1.54) is 11.3 Å². The van der Waals surface area contributed by atoms with Crippen molar-refractivity contribution in [2.24, 2.45) is 0 Å². The van der Waals surface area contributed by atoms with Crippen LogP contribution in [0, 0.1) is 5.21 Å². The van der Waals surface area contributed by atoms with Gasteiger partial charge in [-0.15, -0.1) is 11.3 Å². The van der Waals surface area contributed by atoms with Gasteiger partial charge in [0.05, 0.1) is 11.5 Å². The Hall–Kier alpha value is -0.990. The van der Waals surface area contributed by atoms with E-state index in [1.54, 1.807) is 6.21 Å². The van der Waals surface area contributed by atoms with Crippen LogP contribution in [0.1, 0.15) is 32.6 Å². The third kappa shape index (κ3) is 4.10. The van der Waals surface area contributed by atoms with Crippen LogP contribution in [0.4, 0.5) is 0 Å². The second-order valence-corrected chi connectivity index (χ2v) is 7.73. The van der Waals surface area contributed by atoms with E-state index in [-0.39, 0.29) is 24.9 Å². The van der Waals surface area contributed by atoms with Crippen LogP contribution in [0.2, 0.25) is 0 Å². The molecule has 3 heterocycles. The number of hydrogen-bond donors (Lipinski definition) is 0. The molecule has 0 spiro atoms. The molecule has 0 N–H and O–H groups in total. The van der Waals surface area contributed by atoms with Gasteiger partial charge in [-0.3, -0.25) is 0 Å². The zero-order valence-electron chi connectivity index (χ0n) is 13.9. The summed E-state index contributed by atoms with van der Waals surface area (Å²) in [5.74, 6) is -1.37. The summed E-state index contributed by atoms with van der Waals surface area (Å²) in [5.41, 5.74) is 0. The third-order valence-electron chi connectivity index (χ3n) is 3.79. The van der Waals surface area contributed by atoms with Gasteiger partial charge < -0.3 is 24.2 Å². The number of hydrogen-bond acceptors (Lipinski definition) is 6. The zero-order chi connectivity index (χ0) is 16.7. The van der Waals surface area contributed by atoms with E-state index in [1.807, 2.05) is 45.2 Å². The summed E-state index contributed by atoms with van der Waals surface area (Å²) in [6, 6.07) is 3.82. The van der Waals surface area contributed by atoms with Crippen LogP contribution in [-0.4, -0.2) is 54.0 Å². The predicted octanol–water partition coefficient (Wildman–Crippen LogP) is 2.35. The summed E-state index contributed by atoms with van der Waals surface area (Å²) < 4.78 is 24.3. The molecule has 128 valence electrons. The van der Waals surface area contributed by atoms with Gasteiger partial charge >= 0.3 is 0 Å². The van der Waals surface area contributed by atoms with E-state index in [0.29, 0.717) is 6.61 Å². The molecule has 2 fully saturated rings. The molecule has 23 heavy (non-hydrogen) atoms. The number of ether oxygens (including phenoxy) is 4. The summed E-state index contributed by atoms with van der Waals surface area (Å²) >= 11 is 1.52. The molecule has 0 radical (unpaired) electrons. The molecule has 7 heteroatoms. The highest BCUT2D eigenvalue weighted by atomic mass is 32.1. The van der Waals surface area contributed by atoms with Crippen LogP contribution in [-0.2, 0) is 18.9 Å². The molecule has 3 atom stereocenters. The number of nitrogens with zero attached hydrogens (tertiary/aromatic N) is 1. The molecule has 2 aliphatic rings. The second kappa shape index (κ2) is 6.14. The summed E-state index contributed by atoms with van der Waals surface area (Å²) in [5, 5.41) is 14.2. The van der Waals surface area contributed by atoms with E-state index < -0.39 is 11.6 Å². The maximum Gasteiger partial charge on any atom is 0.191 e. The molecular formula is C16H23NO5S. The van der Waals surface area contributed by atoms with Crippen LogP contribution in [0.15, 0.2) is 17.5 Å². The highest BCUT2D eigenvalue weighted by Gasteiger charge is 2.50. The molecule has 0 saturated carbocycles. The summed E-state index contributed by atoms with van der Waals surface area (Å²) in [7, 11) is 0. The van der Waals surface area contributed by atoms with E-state index in [0.717, 1.165) is 9.62 Å². The van der Waals surface area contributed by atoms with E-state index in [2.05, 4.69) is 0 Å². The van der Waals surface area contributed by atoms with Gasteiger partial charge in [-0.2, -0.15) is 0 Å². The summed E-state index contributed by atoms with van der Waals surface area (Å²) in [6.07, 6.45) is 0.625. The maximum atomic E-state index is 12.2. The topological polar surface area (TPSA) is 63.0 Å². The second-order valence-electron chi connectivity index (χ2n) is 6.75. The molecule has 1 aromatic heterocycles. The minimum atomic E-state index is -0.741. The fraction of sp³-hybridized carbons (Fsp3) is 0.688. The lowest BCUT2D eigenvalue weighted by Crippen LogP contribution is -2.41. The molecule has 0 aliphatic carbocycles. The van der Waals surface area contributed by atoms with Crippen LogP contribution in [0.3, 0.4) is 0 Å². The van der Waals surface area contributed by atoms with Gasteiger partial charge in [0.15, 0.2) is 24.3 Å². The maximum absolute atomic E-state index is 12.2. The van der Waals surface area contributed by atoms with E-state index in [4.69, 9.17) is 18.9 Å². The Morgan fingerprint density at radius 1 is 1.26 bits per heavy atom. The first kappa shape index (κ1) is 16.9. The van der Waals surface area contributed by atoms with Crippen LogP contribution in [0.25, 0.3) is 0 Å². The van der Waals surface area contributed by atoms with Crippen molar-refractivity contribution in [1.29, 1.82) is 0 Å². The smallest absolute Gasteiger partial charge is 0.191 e. The summed E-state index contributed by atoms with van der Waals surface area (Å²) in [4.78, 5) is 0.913. The molecule has 0 aromatic carbocycles. The normalized spacial score (nSPS) is 33.2. The monoisotopic (exact) mass is 341 g/mol. The van der Waals surface area contributed by atoms with Gasteiger partial charge in [-0.1, -0.05) is 6.07 Å². The van der Waals surface area contributed by atoms with Crippen molar-refractivity contribution in [3.05, 3.63) is 27.6 Å². The lowest BCUT2D eigenvalue weighted by molar-refractivity contribution is -0.465. The van der Waals surface area contributed by atoms with Gasteiger partial charge in [0.1, 0.15) is 18.3 Å². The first-order valence-electron chi connectivity index (χ1n) is 7.74. The fourth-order valence-electron chi connectivity index (χ4n) is 2.93. The molecule has 3 rings (SSSR count). The molecule has 2 saturated heterocycles. The van der Waals surface area contributed by atoms with Crippen LogP contribution in [0.5, 0.6) is 0 Å². The van der Waals surface area contributed by atoms with Gasteiger partial charge in [0.2, 0.25) is 0 Å². The largest absolute Gasteiger partial charge is 0.624 e. The first-order chi connectivity index (χ1) is 10.7. The number of rotatable bonds is 4. The summed E-state index contributed by atoms with van der Waals surface area (Å²) in [6.45, 7) is 8.05. The lowest BCUT2D eigenvalue weighted by Gasteiger charge is -2.23. The van der Waals surface area contributed by atoms with Crippen molar-refractivity contribution < 1.29 is 23.7 Å².